The van der Waals surface area contributed by atoms with Gasteiger partial charge in [0.15, 0.2) is 0 Å². The zero-order valence-corrected chi connectivity index (χ0v) is 31.0. The van der Waals surface area contributed by atoms with Crippen LogP contribution in [0.3, 0.4) is 0 Å². The van der Waals surface area contributed by atoms with Crippen LogP contribution in [0, 0.1) is 6.92 Å². The van der Waals surface area contributed by atoms with E-state index in [1.54, 1.807) is 58.3 Å². The zero-order chi connectivity index (χ0) is 39.1. The Hall–Kier alpha value is -6.70. The van der Waals surface area contributed by atoms with Crippen LogP contribution in [0.25, 0.3) is 33.2 Å². The average Bonchev–Trinajstić information content (AvgIpc) is 4.02. The lowest BCUT2D eigenvalue weighted by Gasteiger charge is -2.28. The van der Waals surface area contributed by atoms with Gasteiger partial charge in [0.2, 0.25) is 0 Å². The number of benzene rings is 4. The number of carbonyl (C=O) groups is 4. The van der Waals surface area contributed by atoms with Crippen LogP contribution in [0.2, 0.25) is 0 Å². The Kier molecular flexibility index (Phi) is 9.62. The highest BCUT2D eigenvalue weighted by Gasteiger charge is 2.39. The molecule has 14 heteroatoms. The molecule has 56 heavy (non-hydrogen) atoms. The van der Waals surface area contributed by atoms with E-state index in [0.29, 0.717) is 42.9 Å². The number of aromatic nitrogens is 4. The predicted octanol–water partition coefficient (Wildman–Crippen LogP) is 6.77. The van der Waals surface area contributed by atoms with Crippen molar-refractivity contribution in [3.05, 3.63) is 119 Å². The Morgan fingerprint density at radius 1 is 0.750 bits per heavy atom. The van der Waals surface area contributed by atoms with Crippen molar-refractivity contribution < 1.29 is 29.4 Å². The molecule has 2 aliphatic heterocycles. The highest BCUT2D eigenvalue weighted by atomic mass is 16.4. The number of H-pyrrole nitrogens is 1. The molecule has 2 aliphatic rings. The van der Waals surface area contributed by atoms with Gasteiger partial charge in [-0.25, -0.2) is 19.6 Å². The smallest absolute Gasteiger partial charge is 0.405 e. The summed E-state index contributed by atoms with van der Waals surface area (Å²) >= 11 is 0. The Labute approximate surface area is 322 Å². The summed E-state index contributed by atoms with van der Waals surface area (Å²) in [6.07, 6.45) is 0.387. The average molecular weight is 755 g/mol. The number of rotatable bonds is 9. The van der Waals surface area contributed by atoms with Gasteiger partial charge in [0.05, 0.1) is 34.2 Å². The highest BCUT2D eigenvalue weighted by Crippen LogP contribution is 2.39. The Morgan fingerprint density at radius 2 is 1.32 bits per heavy atom. The number of hydrogen-bond acceptors (Lipinski definition) is 6. The van der Waals surface area contributed by atoms with Crippen LogP contribution in [0.15, 0.2) is 91.0 Å². The van der Waals surface area contributed by atoms with Gasteiger partial charge >= 0.3 is 12.2 Å². The maximum atomic E-state index is 14.0. The molecule has 0 radical (unpaired) electrons. The number of nitrogens with one attached hydrogen (secondary N) is 3. The minimum Gasteiger partial charge on any atom is -0.465 e. The number of likely N-dealkylation sites (tertiary alicyclic amines) is 2. The lowest BCUT2D eigenvalue weighted by molar-refractivity contribution is -0.135. The molecule has 14 nitrogen and oxygen atoms in total. The van der Waals surface area contributed by atoms with Crippen LogP contribution in [-0.2, 0) is 16.6 Å². The summed E-state index contributed by atoms with van der Waals surface area (Å²) in [6.45, 7) is 3.01. The van der Waals surface area contributed by atoms with Crippen molar-refractivity contribution in [1.29, 1.82) is 0 Å². The van der Waals surface area contributed by atoms with Gasteiger partial charge in [0.25, 0.3) is 11.8 Å². The number of aryl methyl sites for hydroxylation is 2. The van der Waals surface area contributed by atoms with Crippen LogP contribution >= 0.6 is 0 Å². The lowest BCUT2D eigenvalue weighted by Crippen LogP contribution is -2.42. The molecule has 8 rings (SSSR count). The fourth-order valence-electron chi connectivity index (χ4n) is 8.43. The van der Waals surface area contributed by atoms with Crippen LogP contribution in [0.1, 0.15) is 78.2 Å². The molecule has 2 saturated heterocycles. The molecule has 4 aromatic carbocycles. The van der Waals surface area contributed by atoms with E-state index in [4.69, 9.17) is 9.97 Å². The second-order valence-electron chi connectivity index (χ2n) is 14.5. The summed E-state index contributed by atoms with van der Waals surface area (Å²) in [7, 11) is 1.95. The predicted molar refractivity (Wildman–Crippen MR) is 209 cm³/mol. The van der Waals surface area contributed by atoms with Crippen LogP contribution in [0.5, 0.6) is 0 Å². The summed E-state index contributed by atoms with van der Waals surface area (Å²) in [5.74, 6) is 0.758. The molecule has 0 aliphatic carbocycles. The van der Waals surface area contributed by atoms with Gasteiger partial charge < -0.3 is 40.2 Å². The SMILES string of the molecule is Cc1c(-c2ccc3[nH]c(C4CCCN4C(=O)C(NC(=O)O)c4ccccc4)nc3c2)ccc2c1nc([C@@H]1CCCN1C(=O)[C@H](NC(=O)O)c1ccccc1)n2C. The van der Waals surface area contributed by atoms with Crippen molar-refractivity contribution in [2.75, 3.05) is 13.1 Å². The molecule has 4 heterocycles. The normalized spacial score (nSPS) is 18.0. The first-order valence-corrected chi connectivity index (χ1v) is 18.7. The summed E-state index contributed by atoms with van der Waals surface area (Å²) < 4.78 is 2.02. The van der Waals surface area contributed by atoms with Crippen LogP contribution < -0.4 is 10.6 Å². The first-order chi connectivity index (χ1) is 27.1. The van der Waals surface area contributed by atoms with E-state index in [9.17, 15) is 29.4 Å². The highest BCUT2D eigenvalue weighted by molar-refractivity contribution is 5.91. The van der Waals surface area contributed by atoms with Gasteiger partial charge in [0, 0.05) is 20.1 Å². The summed E-state index contributed by atoms with van der Waals surface area (Å²) in [5.41, 5.74) is 7.34. The van der Waals surface area contributed by atoms with E-state index in [1.807, 2.05) is 54.9 Å². The number of imidazole rings is 2. The molecule has 0 saturated carbocycles. The van der Waals surface area contributed by atoms with Crippen molar-refractivity contribution in [2.24, 2.45) is 7.05 Å². The molecular weight excluding hydrogens is 713 g/mol. The summed E-state index contributed by atoms with van der Waals surface area (Å²) in [5, 5.41) is 24.0. The van der Waals surface area contributed by atoms with Gasteiger partial charge in [-0.05, 0) is 78.6 Å². The van der Waals surface area contributed by atoms with Gasteiger partial charge in [0.1, 0.15) is 23.7 Å². The monoisotopic (exact) mass is 754 g/mol. The molecule has 2 aromatic heterocycles. The van der Waals surface area contributed by atoms with Gasteiger partial charge in [-0.1, -0.05) is 72.8 Å². The third-order valence-corrected chi connectivity index (χ3v) is 11.1. The molecule has 0 bridgehead atoms. The van der Waals surface area contributed by atoms with E-state index in [-0.39, 0.29) is 23.9 Å². The van der Waals surface area contributed by atoms with Crippen molar-refractivity contribution in [3.8, 4) is 11.1 Å². The Balaban J connectivity index is 1.07. The van der Waals surface area contributed by atoms with Crippen molar-refractivity contribution in [2.45, 2.75) is 56.8 Å². The summed E-state index contributed by atoms with van der Waals surface area (Å²) in [6, 6.07) is 25.1. The Bertz CT molecular complexity index is 2460. The quantitative estimate of drug-likeness (QED) is 0.107. The van der Waals surface area contributed by atoms with Crippen molar-refractivity contribution >= 4 is 46.1 Å². The fourth-order valence-corrected chi connectivity index (χ4v) is 8.43. The lowest BCUT2D eigenvalue weighted by atomic mass is 9.99. The van der Waals surface area contributed by atoms with Crippen molar-refractivity contribution in [1.82, 2.24) is 40.0 Å². The van der Waals surface area contributed by atoms with E-state index >= 15 is 0 Å². The number of carboxylic acid groups (broad SMARTS) is 2. The van der Waals surface area contributed by atoms with Crippen molar-refractivity contribution in [3.63, 3.8) is 0 Å². The van der Waals surface area contributed by atoms with E-state index in [1.165, 1.54) is 0 Å². The van der Waals surface area contributed by atoms with E-state index < -0.39 is 24.3 Å². The Morgan fingerprint density at radius 3 is 1.91 bits per heavy atom. The molecule has 2 fully saturated rings. The van der Waals surface area contributed by atoms with Gasteiger partial charge in [-0.2, -0.15) is 0 Å². The maximum Gasteiger partial charge on any atom is 0.405 e. The molecule has 6 aromatic rings. The van der Waals surface area contributed by atoms with Crippen LogP contribution in [-0.4, -0.2) is 76.6 Å². The molecule has 0 spiro atoms. The molecule has 2 unspecified atom stereocenters. The number of aromatic amines is 1. The minimum absolute atomic E-state index is 0.310. The minimum atomic E-state index is -1.27. The topological polar surface area (TPSA) is 186 Å². The maximum absolute atomic E-state index is 14.0. The number of amides is 4. The number of carbonyl (C=O) groups excluding carboxylic acids is 2. The van der Waals surface area contributed by atoms with Crippen LogP contribution in [0.4, 0.5) is 9.59 Å². The van der Waals surface area contributed by atoms with E-state index in [0.717, 1.165) is 57.4 Å². The molecule has 286 valence electrons. The number of fused-ring (bicyclic) bond motifs is 2. The first kappa shape index (κ1) is 36.3. The second kappa shape index (κ2) is 14.9. The largest absolute Gasteiger partial charge is 0.465 e. The number of hydrogen-bond donors (Lipinski definition) is 5. The molecular formula is C42H42N8O6. The second-order valence-corrected chi connectivity index (χ2v) is 14.5. The third kappa shape index (κ3) is 6.67. The standard InChI is InChI=1S/C42H42N8O6/c1-24-28(18-20-31-34(24)45-38(48(31)2)33-16-10-22-50(33)40(52)36(47-42(55)56)26-13-7-4-8-14-26)27-17-19-29-30(23-27)44-37(43-29)32-15-9-21-49(32)39(51)35(46-41(53)54)25-11-5-3-6-12-25/h3-8,11-14,17-20,23,32-33,35-36,46-47H,9-10,15-16,21-22H2,1-2H3,(H,43,44)(H,53,54)(H,55,56)/t32?,33-,35?,36+/m0/s1. The molecule has 4 atom stereocenters. The van der Waals surface area contributed by atoms with Gasteiger partial charge in [-0.15, -0.1) is 0 Å². The van der Waals surface area contributed by atoms with Gasteiger partial charge in [-0.3, -0.25) is 9.59 Å². The third-order valence-electron chi connectivity index (χ3n) is 11.1. The molecule has 5 N–H and O–H groups in total. The number of nitrogens with zero attached hydrogens (tertiary/aromatic N) is 5. The van der Waals surface area contributed by atoms with E-state index in [2.05, 4.69) is 21.7 Å². The fraction of sp³-hybridized carbons (Fsp3) is 0.286. The zero-order valence-electron chi connectivity index (χ0n) is 31.0. The summed E-state index contributed by atoms with van der Waals surface area (Å²) in [4.78, 5) is 68.3. The molecule has 4 amide bonds. The first-order valence-electron chi connectivity index (χ1n) is 18.7.